The fourth-order valence-corrected chi connectivity index (χ4v) is 2.92. The van der Waals surface area contributed by atoms with Gasteiger partial charge in [-0.25, -0.2) is 4.98 Å². The molecule has 3 rings (SSSR count). The molecule has 0 aliphatic carbocycles. The van der Waals surface area contributed by atoms with Crippen molar-refractivity contribution in [1.29, 1.82) is 0 Å². The van der Waals surface area contributed by atoms with Gasteiger partial charge in [0.1, 0.15) is 11.4 Å². The molecule has 1 aromatic heterocycles. The molecule has 4 nitrogen and oxygen atoms in total. The third-order valence-corrected chi connectivity index (χ3v) is 4.34. The second-order valence-electron chi connectivity index (χ2n) is 5.71. The van der Waals surface area contributed by atoms with Crippen molar-refractivity contribution in [3.05, 3.63) is 53.6 Å². The second-order valence-corrected chi connectivity index (χ2v) is 5.71. The Morgan fingerprint density at radius 3 is 2.70 bits per heavy atom. The smallest absolute Gasteiger partial charge is 0.105 e. The number of hydrogen-bond donors (Lipinski definition) is 1. The van der Waals surface area contributed by atoms with Gasteiger partial charge in [-0.3, -0.25) is 4.90 Å². The molecule has 2 aromatic rings. The lowest BCUT2D eigenvalue weighted by Crippen LogP contribution is -2.30. The van der Waals surface area contributed by atoms with Gasteiger partial charge in [-0.2, -0.15) is 0 Å². The van der Waals surface area contributed by atoms with Gasteiger partial charge in [0, 0.05) is 32.9 Å². The quantitative estimate of drug-likeness (QED) is 0.926. The van der Waals surface area contributed by atoms with Crippen molar-refractivity contribution in [2.45, 2.75) is 25.5 Å². The van der Waals surface area contributed by atoms with Crippen LogP contribution in [-0.2, 0) is 19.2 Å². The number of benzene rings is 1. The van der Waals surface area contributed by atoms with Gasteiger partial charge in [0.2, 0.25) is 0 Å². The number of β-amino-alcohol motifs (C(OH)–C–C–N with tert-alkyl or cyclic N) is 1. The summed E-state index contributed by atoms with van der Waals surface area (Å²) in [7, 11) is 2.04. The first kappa shape index (κ1) is 13.3. The molecule has 0 saturated carbocycles. The summed E-state index contributed by atoms with van der Waals surface area (Å²) < 4.78 is 2.11. The van der Waals surface area contributed by atoms with Crippen molar-refractivity contribution in [2.75, 3.05) is 13.1 Å². The molecule has 1 N–H and O–H groups in total. The normalized spacial score (nSPS) is 23.4. The summed E-state index contributed by atoms with van der Waals surface area (Å²) in [6.07, 6.45) is 2.71. The van der Waals surface area contributed by atoms with Crippen LogP contribution in [0.1, 0.15) is 23.5 Å². The van der Waals surface area contributed by atoms with Gasteiger partial charge < -0.3 is 9.67 Å². The van der Waals surface area contributed by atoms with Gasteiger partial charge in [0.25, 0.3) is 0 Å². The molecule has 0 unspecified atom stereocenters. The van der Waals surface area contributed by atoms with Crippen molar-refractivity contribution in [2.24, 2.45) is 7.05 Å². The second kappa shape index (κ2) is 5.04. The first-order chi connectivity index (χ1) is 9.58. The first-order valence-electron chi connectivity index (χ1n) is 7.06. The SMILES string of the molecule is Cc1ncc(CN2CC[C@@](O)(c3ccccc3)C2)n1C. The van der Waals surface area contributed by atoms with Crippen molar-refractivity contribution in [3.8, 4) is 0 Å². The van der Waals surface area contributed by atoms with Crippen molar-refractivity contribution in [1.82, 2.24) is 14.5 Å². The molecule has 0 bridgehead atoms. The molecule has 0 radical (unpaired) electrons. The van der Waals surface area contributed by atoms with Gasteiger partial charge >= 0.3 is 0 Å². The van der Waals surface area contributed by atoms with E-state index < -0.39 is 5.60 Å². The molecule has 1 atom stereocenters. The lowest BCUT2D eigenvalue weighted by atomic mass is 9.93. The Bertz CT molecular complexity index is 593. The standard InChI is InChI=1S/C16H21N3O/c1-13-17-10-15(18(13)2)11-19-9-8-16(20,12-19)14-6-4-3-5-7-14/h3-7,10,20H,8-9,11-12H2,1-2H3/t16-/m0/s1. The summed E-state index contributed by atoms with van der Waals surface area (Å²) in [5.41, 5.74) is 1.50. The van der Waals surface area contributed by atoms with Crippen LogP contribution in [0.5, 0.6) is 0 Å². The summed E-state index contributed by atoms with van der Waals surface area (Å²) in [6, 6.07) is 9.98. The predicted octanol–water partition coefficient (Wildman–Crippen LogP) is 1.82. The number of aliphatic hydroxyl groups is 1. The van der Waals surface area contributed by atoms with E-state index in [9.17, 15) is 5.11 Å². The minimum absolute atomic E-state index is 0.682. The molecule has 2 heterocycles. The Morgan fingerprint density at radius 1 is 1.30 bits per heavy atom. The molecule has 1 aromatic carbocycles. The number of hydrogen-bond acceptors (Lipinski definition) is 3. The molecule has 1 aliphatic rings. The maximum absolute atomic E-state index is 10.8. The minimum Gasteiger partial charge on any atom is -0.384 e. The summed E-state index contributed by atoms with van der Waals surface area (Å²) >= 11 is 0. The molecule has 4 heteroatoms. The zero-order valence-electron chi connectivity index (χ0n) is 12.1. The van der Waals surface area contributed by atoms with Crippen LogP contribution in [0.15, 0.2) is 36.5 Å². The summed E-state index contributed by atoms with van der Waals surface area (Å²) in [5.74, 6) is 1.03. The fourth-order valence-electron chi connectivity index (χ4n) is 2.92. The lowest BCUT2D eigenvalue weighted by Gasteiger charge is -2.24. The number of aryl methyl sites for hydroxylation is 1. The van der Waals surface area contributed by atoms with Crippen LogP contribution in [0.4, 0.5) is 0 Å². The summed E-state index contributed by atoms with van der Waals surface area (Å²) in [5, 5.41) is 10.8. The van der Waals surface area contributed by atoms with Crippen molar-refractivity contribution in [3.63, 3.8) is 0 Å². The van der Waals surface area contributed by atoms with E-state index in [1.165, 1.54) is 5.69 Å². The van der Waals surface area contributed by atoms with Crippen LogP contribution < -0.4 is 0 Å². The van der Waals surface area contributed by atoms with E-state index in [1.54, 1.807) is 0 Å². The number of rotatable bonds is 3. The third kappa shape index (κ3) is 2.37. The Balaban J connectivity index is 1.72. The highest BCUT2D eigenvalue weighted by Gasteiger charge is 2.37. The van der Waals surface area contributed by atoms with Crippen LogP contribution in [-0.4, -0.2) is 32.6 Å². The van der Waals surface area contributed by atoms with Gasteiger partial charge in [-0.1, -0.05) is 30.3 Å². The number of imidazole rings is 1. The van der Waals surface area contributed by atoms with Gasteiger partial charge in [0.05, 0.1) is 5.69 Å². The third-order valence-electron chi connectivity index (χ3n) is 4.34. The number of likely N-dealkylation sites (tertiary alicyclic amines) is 1. The van der Waals surface area contributed by atoms with Gasteiger partial charge in [-0.05, 0) is 18.9 Å². The maximum atomic E-state index is 10.8. The molecule has 0 amide bonds. The fraction of sp³-hybridized carbons (Fsp3) is 0.438. The Hall–Kier alpha value is -1.65. The van der Waals surface area contributed by atoms with E-state index >= 15 is 0 Å². The van der Waals surface area contributed by atoms with E-state index in [4.69, 9.17) is 0 Å². The van der Waals surface area contributed by atoms with E-state index in [-0.39, 0.29) is 0 Å². The Morgan fingerprint density at radius 2 is 2.05 bits per heavy atom. The summed E-state index contributed by atoms with van der Waals surface area (Å²) in [4.78, 5) is 6.62. The average molecular weight is 271 g/mol. The highest BCUT2D eigenvalue weighted by atomic mass is 16.3. The molecule has 20 heavy (non-hydrogen) atoms. The van der Waals surface area contributed by atoms with Crippen LogP contribution in [0.2, 0.25) is 0 Å². The Labute approximate surface area is 119 Å². The lowest BCUT2D eigenvalue weighted by molar-refractivity contribution is 0.0450. The molecule has 1 saturated heterocycles. The first-order valence-corrected chi connectivity index (χ1v) is 7.06. The molecule has 1 fully saturated rings. The van der Waals surface area contributed by atoms with E-state index in [2.05, 4.69) is 14.5 Å². The van der Waals surface area contributed by atoms with E-state index in [0.717, 1.165) is 30.9 Å². The molecular formula is C16H21N3O. The zero-order chi connectivity index (χ0) is 14.2. The largest absolute Gasteiger partial charge is 0.384 e. The predicted molar refractivity (Wildman–Crippen MR) is 78.2 cm³/mol. The molecule has 0 spiro atoms. The highest BCUT2D eigenvalue weighted by Crippen LogP contribution is 2.32. The Kier molecular flexibility index (Phi) is 3.36. The topological polar surface area (TPSA) is 41.3 Å². The van der Waals surface area contributed by atoms with E-state index in [0.29, 0.717) is 6.54 Å². The highest BCUT2D eigenvalue weighted by molar-refractivity contribution is 5.24. The van der Waals surface area contributed by atoms with Crippen LogP contribution in [0.25, 0.3) is 0 Å². The maximum Gasteiger partial charge on any atom is 0.105 e. The minimum atomic E-state index is -0.713. The van der Waals surface area contributed by atoms with Crippen LogP contribution >= 0.6 is 0 Å². The van der Waals surface area contributed by atoms with E-state index in [1.807, 2.05) is 50.5 Å². The van der Waals surface area contributed by atoms with Crippen molar-refractivity contribution >= 4 is 0 Å². The summed E-state index contributed by atoms with van der Waals surface area (Å²) in [6.45, 7) is 4.44. The van der Waals surface area contributed by atoms with Crippen molar-refractivity contribution < 1.29 is 5.11 Å². The van der Waals surface area contributed by atoms with Crippen LogP contribution in [0, 0.1) is 6.92 Å². The number of aromatic nitrogens is 2. The average Bonchev–Trinajstić information content (AvgIpc) is 2.99. The van der Waals surface area contributed by atoms with Gasteiger partial charge in [0.15, 0.2) is 0 Å². The molecular weight excluding hydrogens is 250 g/mol. The molecule has 1 aliphatic heterocycles. The van der Waals surface area contributed by atoms with Crippen LogP contribution in [0.3, 0.4) is 0 Å². The number of nitrogens with zero attached hydrogens (tertiary/aromatic N) is 3. The van der Waals surface area contributed by atoms with Gasteiger partial charge in [-0.15, -0.1) is 0 Å². The molecule has 106 valence electrons. The zero-order valence-corrected chi connectivity index (χ0v) is 12.1. The monoisotopic (exact) mass is 271 g/mol.